The van der Waals surface area contributed by atoms with E-state index in [1.54, 1.807) is 24.3 Å². The number of aliphatic hydroxyl groups is 1. The van der Waals surface area contributed by atoms with Gasteiger partial charge in [-0.3, -0.25) is 14.5 Å². The van der Waals surface area contributed by atoms with Gasteiger partial charge < -0.3 is 24.4 Å². The molecular formula is C29H22BrN3O7S2. The summed E-state index contributed by atoms with van der Waals surface area (Å²) >= 11 is 5.94. The highest BCUT2D eigenvalue weighted by Crippen LogP contribution is 2.47. The zero-order chi connectivity index (χ0) is 29.4. The first-order valence-electron chi connectivity index (χ1n) is 12.6. The Morgan fingerprint density at radius 3 is 2.62 bits per heavy atom. The molecule has 0 spiro atoms. The summed E-state index contributed by atoms with van der Waals surface area (Å²) in [4.78, 5) is 28.4. The van der Waals surface area contributed by atoms with Crippen LogP contribution in [0, 0.1) is 0 Å². The fraction of sp³-hybridized carbons (Fsp3) is 0.172. The molecule has 6 rings (SSSR count). The zero-order valence-electron chi connectivity index (χ0n) is 21.9. The van der Waals surface area contributed by atoms with E-state index in [1.165, 1.54) is 29.8 Å². The van der Waals surface area contributed by atoms with E-state index in [4.69, 9.17) is 14.2 Å². The predicted molar refractivity (Wildman–Crippen MR) is 160 cm³/mol. The van der Waals surface area contributed by atoms with Gasteiger partial charge in [0, 0.05) is 11.3 Å². The lowest BCUT2D eigenvalue weighted by Crippen LogP contribution is -2.29. The number of halogens is 1. The Morgan fingerprint density at radius 1 is 1.10 bits per heavy atom. The number of rotatable bonds is 7. The van der Waals surface area contributed by atoms with E-state index in [2.05, 4.69) is 26.1 Å². The number of ether oxygens (including phenoxy) is 3. The molecule has 0 aliphatic carbocycles. The van der Waals surface area contributed by atoms with Crippen LogP contribution in [0.3, 0.4) is 0 Å². The van der Waals surface area contributed by atoms with E-state index in [1.807, 2.05) is 30.3 Å². The highest BCUT2D eigenvalue weighted by atomic mass is 79.9. The summed E-state index contributed by atoms with van der Waals surface area (Å²) < 4.78 is 17.4. The maximum absolute atomic E-state index is 13.6. The van der Waals surface area contributed by atoms with Crippen LogP contribution in [0.25, 0.3) is 5.76 Å². The molecule has 1 fully saturated rings. The van der Waals surface area contributed by atoms with Gasteiger partial charge in [0.25, 0.3) is 5.78 Å². The SMILES string of the molecule is COc1cc(C2/C(=C(\O)c3ccc4c(c3)OCCO4)C(=O)C(=O)N2c2nnc(SCc3ccccc3)s2)cc(Br)c1O. The van der Waals surface area contributed by atoms with Gasteiger partial charge in [-0.1, -0.05) is 53.4 Å². The summed E-state index contributed by atoms with van der Waals surface area (Å²) in [5, 5.41) is 30.6. The number of phenols is 1. The number of hydrogen-bond donors (Lipinski definition) is 2. The zero-order valence-corrected chi connectivity index (χ0v) is 25.2. The number of Topliss-reactive ketones (excluding diaryl/α,β-unsaturated/α-hetero) is 1. The number of anilines is 1. The number of carbonyl (C=O) groups is 2. The van der Waals surface area contributed by atoms with Crippen LogP contribution in [-0.4, -0.2) is 52.4 Å². The van der Waals surface area contributed by atoms with Crippen LogP contribution in [0.2, 0.25) is 0 Å². The molecule has 1 unspecified atom stereocenters. The number of amides is 1. The number of fused-ring (bicyclic) bond motifs is 1. The number of methoxy groups -OCH3 is 1. The van der Waals surface area contributed by atoms with Crippen molar-refractivity contribution in [3.8, 4) is 23.0 Å². The van der Waals surface area contributed by atoms with E-state index in [0.29, 0.717) is 40.4 Å². The van der Waals surface area contributed by atoms with E-state index < -0.39 is 23.5 Å². The maximum Gasteiger partial charge on any atom is 0.301 e. The van der Waals surface area contributed by atoms with Gasteiger partial charge in [-0.25, -0.2) is 0 Å². The van der Waals surface area contributed by atoms with Crippen molar-refractivity contribution in [1.82, 2.24) is 10.2 Å². The van der Waals surface area contributed by atoms with Crippen molar-refractivity contribution >= 4 is 61.6 Å². The highest BCUT2D eigenvalue weighted by Gasteiger charge is 2.49. The van der Waals surface area contributed by atoms with Crippen LogP contribution in [0.15, 0.2) is 75.0 Å². The summed E-state index contributed by atoms with van der Waals surface area (Å²) in [6.45, 7) is 0.735. The Labute approximate surface area is 256 Å². The van der Waals surface area contributed by atoms with Crippen molar-refractivity contribution in [3.63, 3.8) is 0 Å². The molecule has 2 aliphatic heterocycles. The largest absolute Gasteiger partial charge is 0.507 e. The average molecular weight is 669 g/mol. The van der Waals surface area contributed by atoms with Gasteiger partial charge in [0.1, 0.15) is 19.0 Å². The third-order valence-corrected chi connectivity index (χ3v) is 9.38. The molecule has 1 saturated heterocycles. The van der Waals surface area contributed by atoms with Gasteiger partial charge in [-0.15, -0.1) is 10.2 Å². The van der Waals surface area contributed by atoms with E-state index in [-0.39, 0.29) is 32.2 Å². The van der Waals surface area contributed by atoms with Crippen molar-refractivity contribution in [2.45, 2.75) is 16.1 Å². The third-order valence-electron chi connectivity index (χ3n) is 6.65. The van der Waals surface area contributed by atoms with Crippen LogP contribution >= 0.6 is 39.0 Å². The molecule has 4 aromatic rings. The Kier molecular flexibility index (Phi) is 7.80. The lowest BCUT2D eigenvalue weighted by molar-refractivity contribution is -0.132. The molecular weight excluding hydrogens is 646 g/mol. The number of carbonyl (C=O) groups excluding carboxylic acids is 2. The smallest absolute Gasteiger partial charge is 0.301 e. The maximum atomic E-state index is 13.6. The Bertz CT molecular complexity index is 1730. The Balaban J connectivity index is 1.45. The summed E-state index contributed by atoms with van der Waals surface area (Å²) in [6.07, 6.45) is 0. The topological polar surface area (TPSA) is 131 Å². The number of aromatic nitrogens is 2. The quantitative estimate of drug-likeness (QED) is 0.0831. The minimum atomic E-state index is -1.11. The lowest BCUT2D eigenvalue weighted by atomic mass is 9.95. The van der Waals surface area contributed by atoms with Crippen LogP contribution in [-0.2, 0) is 15.3 Å². The number of benzene rings is 3. The number of thioether (sulfide) groups is 1. The fourth-order valence-corrected chi connectivity index (χ4v) is 6.96. The molecule has 1 atom stereocenters. The second-order valence-electron chi connectivity index (χ2n) is 9.21. The van der Waals surface area contributed by atoms with Gasteiger partial charge in [-0.2, -0.15) is 0 Å². The molecule has 2 N–H and O–H groups in total. The number of phenolic OH excluding ortho intramolecular Hbond substituents is 1. The predicted octanol–water partition coefficient (Wildman–Crippen LogP) is 5.70. The first kappa shape index (κ1) is 28.1. The lowest BCUT2D eigenvalue weighted by Gasteiger charge is -2.24. The summed E-state index contributed by atoms with van der Waals surface area (Å²) in [5.41, 5.74) is 1.59. The van der Waals surface area contributed by atoms with Crippen LogP contribution in [0.5, 0.6) is 23.0 Å². The van der Waals surface area contributed by atoms with Gasteiger partial charge in [-0.05, 0) is 57.4 Å². The minimum Gasteiger partial charge on any atom is -0.507 e. The molecule has 42 heavy (non-hydrogen) atoms. The number of hydrogen-bond acceptors (Lipinski definition) is 11. The van der Waals surface area contributed by atoms with E-state index in [9.17, 15) is 19.8 Å². The van der Waals surface area contributed by atoms with Crippen molar-refractivity contribution in [3.05, 3.63) is 87.4 Å². The molecule has 0 bridgehead atoms. The first-order valence-corrected chi connectivity index (χ1v) is 15.2. The molecule has 0 radical (unpaired) electrons. The van der Waals surface area contributed by atoms with Crippen molar-refractivity contribution in [2.24, 2.45) is 0 Å². The number of aromatic hydroxyl groups is 1. The monoisotopic (exact) mass is 667 g/mol. The van der Waals surface area contributed by atoms with Crippen molar-refractivity contribution in [2.75, 3.05) is 25.2 Å². The number of aliphatic hydroxyl groups excluding tert-OH is 1. The molecule has 0 saturated carbocycles. The molecule has 214 valence electrons. The van der Waals surface area contributed by atoms with Gasteiger partial charge in [0.05, 0.1) is 23.2 Å². The molecule has 2 aliphatic rings. The number of ketones is 1. The van der Waals surface area contributed by atoms with Gasteiger partial charge in [0.15, 0.2) is 27.3 Å². The molecule has 3 heterocycles. The van der Waals surface area contributed by atoms with E-state index >= 15 is 0 Å². The standard InChI is InChI=1S/C29H22BrN3O7S2/c1-38-21-13-17(11-18(30)25(21)35)23-22(24(34)16-7-8-19-20(12-16)40-10-9-39-19)26(36)27(37)33(23)28-31-32-29(42-28)41-14-15-5-3-2-4-6-15/h2-8,11-13,23,34-35H,9-10,14H2,1H3/b24-22+. The van der Waals surface area contributed by atoms with Crippen LogP contribution < -0.4 is 19.1 Å². The molecule has 1 aromatic heterocycles. The van der Waals surface area contributed by atoms with Crippen molar-refractivity contribution in [1.29, 1.82) is 0 Å². The first-order chi connectivity index (χ1) is 20.4. The Hall–Kier alpha value is -4.07. The fourth-order valence-electron chi connectivity index (χ4n) is 4.68. The van der Waals surface area contributed by atoms with E-state index in [0.717, 1.165) is 16.9 Å². The summed E-state index contributed by atoms with van der Waals surface area (Å²) in [7, 11) is 1.39. The van der Waals surface area contributed by atoms with Crippen LogP contribution in [0.1, 0.15) is 22.7 Å². The minimum absolute atomic E-state index is 0.112. The van der Waals surface area contributed by atoms with Crippen LogP contribution in [0.4, 0.5) is 5.13 Å². The number of nitrogens with zero attached hydrogens (tertiary/aromatic N) is 3. The summed E-state index contributed by atoms with van der Waals surface area (Å²) in [5.74, 6) is -0.650. The van der Waals surface area contributed by atoms with Crippen molar-refractivity contribution < 1.29 is 34.0 Å². The Morgan fingerprint density at radius 2 is 1.86 bits per heavy atom. The molecule has 3 aromatic carbocycles. The molecule has 10 nitrogen and oxygen atoms in total. The molecule has 13 heteroatoms. The second-order valence-corrected chi connectivity index (χ2v) is 12.2. The second kappa shape index (κ2) is 11.7. The average Bonchev–Trinajstić information content (AvgIpc) is 3.59. The third kappa shape index (κ3) is 5.19. The highest BCUT2D eigenvalue weighted by molar-refractivity contribution is 9.10. The normalized spacial score (nSPS) is 17.5. The van der Waals surface area contributed by atoms with Gasteiger partial charge in [0.2, 0.25) is 5.13 Å². The van der Waals surface area contributed by atoms with Gasteiger partial charge >= 0.3 is 5.91 Å². The summed E-state index contributed by atoms with van der Waals surface area (Å²) in [6, 6.07) is 16.6. The molecule has 1 amide bonds.